The topological polar surface area (TPSA) is 37.8 Å². The zero-order valence-electron chi connectivity index (χ0n) is 11.2. The molecule has 1 fully saturated rings. The van der Waals surface area contributed by atoms with Crippen LogP contribution in [0.25, 0.3) is 11.4 Å². The van der Waals surface area contributed by atoms with E-state index in [2.05, 4.69) is 15.3 Å². The van der Waals surface area contributed by atoms with Crippen molar-refractivity contribution in [1.29, 1.82) is 0 Å². The van der Waals surface area contributed by atoms with Crippen LogP contribution in [0, 0.1) is 0 Å². The maximum atomic E-state index is 12.7. The summed E-state index contributed by atoms with van der Waals surface area (Å²) in [7, 11) is 0. The summed E-state index contributed by atoms with van der Waals surface area (Å²) in [5.41, 5.74) is 0.604. The van der Waals surface area contributed by atoms with Crippen LogP contribution < -0.4 is 5.32 Å². The number of hydrogen-bond donors (Lipinski definition) is 1. The van der Waals surface area contributed by atoms with Gasteiger partial charge in [-0.1, -0.05) is 12.1 Å². The Morgan fingerprint density at radius 2 is 1.86 bits per heavy atom. The molecule has 0 amide bonds. The Balaban J connectivity index is 1.76. The molecule has 0 aliphatic heterocycles. The first-order chi connectivity index (χ1) is 10.0. The molecular weight excluding hydrogens is 279 g/mol. The van der Waals surface area contributed by atoms with Crippen molar-refractivity contribution >= 4 is 0 Å². The molecule has 1 saturated carbocycles. The lowest BCUT2D eigenvalue weighted by Gasteiger charge is -2.08. The number of benzene rings is 1. The average molecular weight is 293 g/mol. The van der Waals surface area contributed by atoms with Gasteiger partial charge in [-0.05, 0) is 25.0 Å². The van der Waals surface area contributed by atoms with Crippen LogP contribution in [0.4, 0.5) is 13.2 Å². The maximum absolute atomic E-state index is 12.7. The first kappa shape index (κ1) is 14.0. The van der Waals surface area contributed by atoms with Gasteiger partial charge in [0.25, 0.3) is 0 Å². The van der Waals surface area contributed by atoms with Crippen molar-refractivity contribution < 1.29 is 13.2 Å². The first-order valence-electron chi connectivity index (χ1n) is 6.74. The maximum Gasteiger partial charge on any atom is 0.416 e. The van der Waals surface area contributed by atoms with E-state index < -0.39 is 11.7 Å². The molecule has 21 heavy (non-hydrogen) atoms. The van der Waals surface area contributed by atoms with Crippen LogP contribution in [0.1, 0.15) is 24.0 Å². The number of hydrogen-bond acceptors (Lipinski definition) is 3. The van der Waals surface area contributed by atoms with E-state index in [0.29, 0.717) is 24.0 Å². The van der Waals surface area contributed by atoms with Gasteiger partial charge in [0, 0.05) is 36.1 Å². The van der Waals surface area contributed by atoms with E-state index in [9.17, 15) is 13.2 Å². The normalized spacial score (nSPS) is 15.2. The second-order valence-electron chi connectivity index (χ2n) is 5.15. The number of aromatic nitrogens is 2. The zero-order valence-corrected chi connectivity index (χ0v) is 11.2. The van der Waals surface area contributed by atoms with Crippen LogP contribution in [0.15, 0.2) is 36.7 Å². The molecule has 0 saturated heterocycles. The van der Waals surface area contributed by atoms with Gasteiger partial charge in [-0.25, -0.2) is 9.97 Å². The minimum absolute atomic E-state index is 0.302. The second-order valence-corrected chi connectivity index (χ2v) is 5.15. The van der Waals surface area contributed by atoms with Gasteiger partial charge in [-0.3, -0.25) is 0 Å². The third kappa shape index (κ3) is 3.58. The Labute approximate surface area is 120 Å². The van der Waals surface area contributed by atoms with Gasteiger partial charge in [0.15, 0.2) is 5.82 Å². The number of rotatable bonds is 4. The fraction of sp³-hybridized carbons (Fsp3) is 0.333. The SMILES string of the molecule is FC(F)(F)c1cccc(-c2ncc(CNC3CC3)cn2)c1. The Hall–Kier alpha value is -1.95. The molecule has 0 unspecified atom stereocenters. The molecule has 1 aliphatic rings. The fourth-order valence-electron chi connectivity index (χ4n) is 1.98. The van der Waals surface area contributed by atoms with Crippen LogP contribution in [-0.2, 0) is 12.7 Å². The summed E-state index contributed by atoms with van der Waals surface area (Å²) in [5, 5.41) is 3.33. The molecule has 1 aliphatic carbocycles. The number of nitrogens with zero attached hydrogens (tertiary/aromatic N) is 2. The van der Waals surface area contributed by atoms with E-state index in [4.69, 9.17) is 0 Å². The molecule has 0 radical (unpaired) electrons. The van der Waals surface area contributed by atoms with Gasteiger partial charge in [0.05, 0.1) is 5.56 Å². The van der Waals surface area contributed by atoms with Gasteiger partial charge < -0.3 is 5.32 Å². The van der Waals surface area contributed by atoms with Crippen molar-refractivity contribution in [2.45, 2.75) is 31.6 Å². The molecule has 0 spiro atoms. The summed E-state index contributed by atoms with van der Waals surface area (Å²) in [5.74, 6) is 0.302. The predicted octanol–water partition coefficient (Wildman–Crippen LogP) is 3.41. The Bertz CT molecular complexity index is 619. The van der Waals surface area contributed by atoms with Crippen molar-refractivity contribution in [1.82, 2.24) is 15.3 Å². The van der Waals surface area contributed by atoms with Crippen molar-refractivity contribution in [2.75, 3.05) is 0 Å². The largest absolute Gasteiger partial charge is 0.416 e. The summed E-state index contributed by atoms with van der Waals surface area (Å²) in [6.07, 6.45) is 1.34. The van der Waals surface area contributed by atoms with E-state index in [1.165, 1.54) is 18.9 Å². The molecule has 6 heteroatoms. The molecule has 0 atom stereocenters. The van der Waals surface area contributed by atoms with Crippen LogP contribution in [0.5, 0.6) is 0 Å². The van der Waals surface area contributed by atoms with Crippen molar-refractivity contribution in [3.05, 3.63) is 47.8 Å². The summed E-state index contributed by atoms with van der Waals surface area (Å²) in [6.45, 7) is 0.688. The van der Waals surface area contributed by atoms with Crippen molar-refractivity contribution in [2.24, 2.45) is 0 Å². The summed E-state index contributed by atoms with van der Waals surface area (Å²) in [6, 6.07) is 5.64. The molecule has 2 aromatic rings. The Kier molecular flexibility index (Phi) is 3.63. The highest BCUT2D eigenvalue weighted by molar-refractivity contribution is 5.56. The van der Waals surface area contributed by atoms with Gasteiger partial charge in [0.2, 0.25) is 0 Å². The van der Waals surface area contributed by atoms with Gasteiger partial charge in [0.1, 0.15) is 0 Å². The number of alkyl halides is 3. The molecule has 1 N–H and O–H groups in total. The monoisotopic (exact) mass is 293 g/mol. The molecule has 110 valence electrons. The third-order valence-electron chi connectivity index (χ3n) is 3.33. The van der Waals surface area contributed by atoms with E-state index in [-0.39, 0.29) is 0 Å². The highest BCUT2D eigenvalue weighted by Crippen LogP contribution is 2.31. The van der Waals surface area contributed by atoms with E-state index in [0.717, 1.165) is 17.7 Å². The zero-order chi connectivity index (χ0) is 14.9. The van der Waals surface area contributed by atoms with Crippen LogP contribution >= 0.6 is 0 Å². The summed E-state index contributed by atoms with van der Waals surface area (Å²) in [4.78, 5) is 8.30. The van der Waals surface area contributed by atoms with Crippen LogP contribution in [0.3, 0.4) is 0 Å². The lowest BCUT2D eigenvalue weighted by molar-refractivity contribution is -0.137. The third-order valence-corrected chi connectivity index (χ3v) is 3.33. The fourth-order valence-corrected chi connectivity index (χ4v) is 1.98. The van der Waals surface area contributed by atoms with Crippen LogP contribution in [-0.4, -0.2) is 16.0 Å². The van der Waals surface area contributed by atoms with Gasteiger partial charge in [-0.15, -0.1) is 0 Å². The summed E-state index contributed by atoms with van der Waals surface area (Å²) < 4.78 is 38.0. The average Bonchev–Trinajstić information content (AvgIpc) is 3.29. The molecule has 3 rings (SSSR count). The first-order valence-corrected chi connectivity index (χ1v) is 6.74. The smallest absolute Gasteiger partial charge is 0.310 e. The Morgan fingerprint density at radius 1 is 1.14 bits per heavy atom. The lowest BCUT2D eigenvalue weighted by atomic mass is 10.1. The molecule has 0 bridgehead atoms. The van der Waals surface area contributed by atoms with E-state index in [1.54, 1.807) is 18.5 Å². The van der Waals surface area contributed by atoms with E-state index in [1.807, 2.05) is 0 Å². The highest BCUT2D eigenvalue weighted by atomic mass is 19.4. The Morgan fingerprint density at radius 3 is 2.48 bits per heavy atom. The van der Waals surface area contributed by atoms with Gasteiger partial charge >= 0.3 is 6.18 Å². The summed E-state index contributed by atoms with van der Waals surface area (Å²) >= 11 is 0. The quantitative estimate of drug-likeness (QED) is 0.938. The van der Waals surface area contributed by atoms with Crippen LogP contribution in [0.2, 0.25) is 0 Å². The minimum Gasteiger partial charge on any atom is -0.310 e. The molecule has 1 heterocycles. The predicted molar refractivity (Wildman–Crippen MR) is 72.3 cm³/mol. The van der Waals surface area contributed by atoms with Crippen molar-refractivity contribution in [3.8, 4) is 11.4 Å². The second kappa shape index (κ2) is 5.44. The molecular formula is C15H14F3N3. The lowest BCUT2D eigenvalue weighted by Crippen LogP contribution is -2.15. The van der Waals surface area contributed by atoms with Gasteiger partial charge in [-0.2, -0.15) is 13.2 Å². The van der Waals surface area contributed by atoms with Crippen molar-refractivity contribution in [3.63, 3.8) is 0 Å². The standard InChI is InChI=1S/C15H14F3N3/c16-15(17,18)12-3-1-2-11(6-12)14-20-8-10(9-21-14)7-19-13-4-5-13/h1-3,6,8-9,13,19H,4-5,7H2. The number of nitrogens with one attached hydrogen (secondary N) is 1. The molecule has 1 aromatic carbocycles. The minimum atomic E-state index is -4.36. The highest BCUT2D eigenvalue weighted by Gasteiger charge is 2.30. The molecule has 3 nitrogen and oxygen atoms in total. The van der Waals surface area contributed by atoms with E-state index >= 15 is 0 Å². The number of halogens is 3. The molecule has 1 aromatic heterocycles.